The van der Waals surface area contributed by atoms with Gasteiger partial charge in [0, 0.05) is 36.6 Å². The molecule has 3 N–H and O–H groups in total. The number of anilines is 2. The number of aromatic nitrogens is 1. The number of thiazole rings is 1. The summed E-state index contributed by atoms with van der Waals surface area (Å²) in [5.41, 5.74) is 3.35. The second-order valence-corrected chi connectivity index (χ2v) is 13.3. The molecule has 7 nitrogen and oxygen atoms in total. The fourth-order valence-corrected chi connectivity index (χ4v) is 6.21. The topological polar surface area (TPSA) is 100 Å². The highest BCUT2D eigenvalue weighted by Gasteiger charge is 2.18. The summed E-state index contributed by atoms with van der Waals surface area (Å²) in [6, 6.07) is 30.6. The van der Waals surface area contributed by atoms with Gasteiger partial charge in [-0.05, 0) is 73.2 Å². The third-order valence-corrected chi connectivity index (χ3v) is 8.95. The maximum absolute atomic E-state index is 13.4. The van der Waals surface area contributed by atoms with E-state index in [1.165, 1.54) is 23.1 Å². The van der Waals surface area contributed by atoms with E-state index in [0.717, 1.165) is 20.6 Å². The Kier molecular flexibility index (Phi) is 10.9. The Morgan fingerprint density at radius 2 is 1.67 bits per heavy atom. The van der Waals surface area contributed by atoms with Gasteiger partial charge in [0.05, 0.1) is 10.9 Å². The van der Waals surface area contributed by atoms with Gasteiger partial charge in [0.2, 0.25) is 5.91 Å². The maximum Gasteiger partial charge on any atom is 0.272 e. The van der Waals surface area contributed by atoms with Crippen LogP contribution in [-0.4, -0.2) is 28.0 Å². The van der Waals surface area contributed by atoms with Crippen LogP contribution in [0.4, 0.5) is 10.8 Å². The summed E-state index contributed by atoms with van der Waals surface area (Å²) in [5.74, 6) is -1.13. The van der Waals surface area contributed by atoms with E-state index < -0.39 is 17.1 Å². The molecule has 0 aliphatic carbocycles. The Morgan fingerprint density at radius 3 is 2.42 bits per heavy atom. The van der Waals surface area contributed by atoms with Crippen molar-refractivity contribution in [3.8, 4) is 11.3 Å². The van der Waals surface area contributed by atoms with Crippen LogP contribution in [-0.2, 0) is 9.59 Å². The SMILES string of the molecule is CC(Sc1cccc(NC(=O)/C(=C/c2cccc(Cl)c2)NC(=O)c2ccccc2)c1)C(=O)Nc1nc(-c2ccc(Br)cc2)cs1. The normalized spacial score (nSPS) is 11.8. The fourth-order valence-electron chi connectivity index (χ4n) is 4.10. The van der Waals surface area contributed by atoms with Crippen molar-refractivity contribution in [3.63, 3.8) is 0 Å². The minimum absolute atomic E-state index is 0.0443. The van der Waals surface area contributed by atoms with Crippen molar-refractivity contribution in [1.82, 2.24) is 10.3 Å². The molecular formula is C34H26BrClN4O3S2. The van der Waals surface area contributed by atoms with Crippen molar-refractivity contribution in [2.75, 3.05) is 10.6 Å². The van der Waals surface area contributed by atoms with Crippen molar-refractivity contribution in [2.45, 2.75) is 17.1 Å². The van der Waals surface area contributed by atoms with Crippen LogP contribution in [0.1, 0.15) is 22.8 Å². The third kappa shape index (κ3) is 9.15. The van der Waals surface area contributed by atoms with Crippen LogP contribution in [0.5, 0.6) is 0 Å². The maximum atomic E-state index is 13.4. The van der Waals surface area contributed by atoms with Crippen molar-refractivity contribution in [1.29, 1.82) is 0 Å². The number of carbonyl (C=O) groups is 3. The largest absolute Gasteiger partial charge is 0.321 e. The van der Waals surface area contributed by atoms with Gasteiger partial charge >= 0.3 is 0 Å². The van der Waals surface area contributed by atoms with E-state index >= 15 is 0 Å². The van der Waals surface area contributed by atoms with E-state index in [1.54, 1.807) is 79.7 Å². The molecule has 0 radical (unpaired) electrons. The highest BCUT2D eigenvalue weighted by molar-refractivity contribution is 9.10. The predicted octanol–water partition coefficient (Wildman–Crippen LogP) is 8.75. The summed E-state index contributed by atoms with van der Waals surface area (Å²) in [5, 5.41) is 11.0. The summed E-state index contributed by atoms with van der Waals surface area (Å²) < 4.78 is 0.980. The quantitative estimate of drug-likeness (QED) is 0.0991. The predicted molar refractivity (Wildman–Crippen MR) is 188 cm³/mol. The number of nitrogens with one attached hydrogen (secondary N) is 3. The molecule has 5 rings (SSSR count). The number of thioether (sulfide) groups is 1. The summed E-state index contributed by atoms with van der Waals surface area (Å²) in [6.07, 6.45) is 1.56. The van der Waals surface area contributed by atoms with Crippen LogP contribution in [0, 0.1) is 0 Å². The Bertz CT molecular complexity index is 1860. The molecule has 3 amide bonds. The average Bonchev–Trinajstić information content (AvgIpc) is 3.50. The molecule has 0 aliphatic rings. The van der Waals surface area contributed by atoms with Crippen LogP contribution in [0.25, 0.3) is 17.3 Å². The van der Waals surface area contributed by atoms with Crippen LogP contribution in [0.2, 0.25) is 5.02 Å². The van der Waals surface area contributed by atoms with Crippen LogP contribution >= 0.6 is 50.6 Å². The van der Waals surface area contributed by atoms with Gasteiger partial charge in [-0.25, -0.2) is 4.98 Å². The summed E-state index contributed by atoms with van der Waals surface area (Å²) in [4.78, 5) is 44.7. The zero-order valence-corrected chi connectivity index (χ0v) is 27.8. The molecule has 1 aromatic heterocycles. The molecule has 1 atom stereocenters. The second kappa shape index (κ2) is 15.2. The number of benzene rings is 4. The molecule has 0 saturated carbocycles. The van der Waals surface area contributed by atoms with Gasteiger partial charge in [-0.1, -0.05) is 76.1 Å². The van der Waals surface area contributed by atoms with Crippen molar-refractivity contribution >= 4 is 85.2 Å². The molecule has 0 saturated heterocycles. The van der Waals surface area contributed by atoms with E-state index in [9.17, 15) is 14.4 Å². The lowest BCUT2D eigenvalue weighted by Crippen LogP contribution is -2.30. The number of rotatable bonds is 10. The minimum atomic E-state index is -0.516. The monoisotopic (exact) mass is 716 g/mol. The molecule has 0 spiro atoms. The summed E-state index contributed by atoms with van der Waals surface area (Å²) >= 11 is 12.3. The zero-order valence-electron chi connectivity index (χ0n) is 23.8. The average molecular weight is 718 g/mol. The van der Waals surface area contributed by atoms with Crippen LogP contribution in [0.3, 0.4) is 0 Å². The molecule has 0 aliphatic heterocycles. The second-order valence-electron chi connectivity index (χ2n) is 9.71. The van der Waals surface area contributed by atoms with Crippen molar-refractivity contribution < 1.29 is 14.4 Å². The molecule has 0 bridgehead atoms. The number of carbonyl (C=O) groups excluding carboxylic acids is 3. The Labute approximate surface area is 282 Å². The van der Waals surface area contributed by atoms with E-state index in [0.29, 0.717) is 27.0 Å². The van der Waals surface area contributed by atoms with Gasteiger partial charge in [-0.3, -0.25) is 14.4 Å². The molecule has 0 fully saturated rings. The number of nitrogens with zero attached hydrogens (tertiary/aromatic N) is 1. The molecule has 5 aromatic rings. The van der Waals surface area contributed by atoms with Crippen molar-refractivity contribution in [3.05, 3.63) is 135 Å². The number of hydrogen-bond acceptors (Lipinski definition) is 6. The molecule has 226 valence electrons. The molecular weight excluding hydrogens is 692 g/mol. The Hall–Kier alpha value is -4.22. The van der Waals surface area contributed by atoms with Crippen LogP contribution in [0.15, 0.2) is 124 Å². The number of hydrogen-bond donors (Lipinski definition) is 3. The van der Waals surface area contributed by atoms with E-state index in [4.69, 9.17) is 11.6 Å². The van der Waals surface area contributed by atoms with Crippen LogP contribution < -0.4 is 16.0 Å². The molecule has 1 unspecified atom stereocenters. The van der Waals surface area contributed by atoms with E-state index in [1.807, 2.05) is 41.8 Å². The number of halogens is 2. The third-order valence-electron chi connectivity index (χ3n) is 6.34. The Morgan fingerprint density at radius 1 is 0.911 bits per heavy atom. The first-order valence-corrected chi connectivity index (χ1v) is 16.6. The lowest BCUT2D eigenvalue weighted by molar-refractivity contribution is -0.115. The van der Waals surface area contributed by atoms with Gasteiger partial charge in [-0.2, -0.15) is 0 Å². The first-order valence-electron chi connectivity index (χ1n) is 13.7. The summed E-state index contributed by atoms with van der Waals surface area (Å²) in [6.45, 7) is 1.81. The van der Waals surface area contributed by atoms with E-state index in [2.05, 4.69) is 36.9 Å². The standard InChI is InChI=1S/C34H26BrClN4O3S2/c1-21(31(41)40-34-39-30(20-44-34)23-13-15-25(35)16-14-23)45-28-12-6-11-27(19-28)37-33(43)29(18-22-7-5-10-26(36)17-22)38-32(42)24-8-3-2-4-9-24/h2-21H,1H3,(H,37,43)(H,38,42)(H,39,40,41)/b29-18-. The first kappa shape index (κ1) is 32.2. The van der Waals surface area contributed by atoms with Gasteiger partial charge in [0.25, 0.3) is 11.8 Å². The highest BCUT2D eigenvalue weighted by Crippen LogP contribution is 2.29. The number of amides is 3. The fraction of sp³-hybridized carbons (Fsp3) is 0.0588. The minimum Gasteiger partial charge on any atom is -0.321 e. The lowest BCUT2D eigenvalue weighted by atomic mass is 10.1. The smallest absolute Gasteiger partial charge is 0.272 e. The van der Waals surface area contributed by atoms with E-state index in [-0.39, 0.29) is 11.6 Å². The van der Waals surface area contributed by atoms with Gasteiger partial charge < -0.3 is 16.0 Å². The van der Waals surface area contributed by atoms with Gasteiger partial charge in [-0.15, -0.1) is 23.1 Å². The highest BCUT2D eigenvalue weighted by atomic mass is 79.9. The zero-order chi connectivity index (χ0) is 31.8. The van der Waals surface area contributed by atoms with Crippen molar-refractivity contribution in [2.24, 2.45) is 0 Å². The summed E-state index contributed by atoms with van der Waals surface area (Å²) in [7, 11) is 0. The molecule has 45 heavy (non-hydrogen) atoms. The molecule has 4 aromatic carbocycles. The molecule has 1 heterocycles. The molecule has 11 heteroatoms. The van der Waals surface area contributed by atoms with Gasteiger partial charge in [0.15, 0.2) is 5.13 Å². The lowest BCUT2D eigenvalue weighted by Gasteiger charge is -2.14. The Balaban J connectivity index is 1.25. The van der Waals surface area contributed by atoms with Gasteiger partial charge in [0.1, 0.15) is 5.70 Å². The first-order chi connectivity index (χ1) is 21.7.